The van der Waals surface area contributed by atoms with Crippen molar-refractivity contribution in [1.29, 1.82) is 0 Å². The Morgan fingerprint density at radius 2 is 2.05 bits per heavy atom. The summed E-state index contributed by atoms with van der Waals surface area (Å²) < 4.78 is 25.3. The molecule has 1 saturated heterocycles. The normalized spacial score (nSPS) is 17.3. The van der Waals surface area contributed by atoms with Crippen molar-refractivity contribution in [2.45, 2.75) is 4.90 Å². The van der Waals surface area contributed by atoms with Crippen molar-refractivity contribution >= 4 is 27.5 Å². The number of nitrogens with zero attached hydrogens (tertiary/aromatic N) is 1. The molecule has 5 nitrogen and oxygen atoms in total. The van der Waals surface area contributed by atoms with Crippen LogP contribution in [0, 0.1) is 5.92 Å². The number of para-hydroxylation sites is 1. The van der Waals surface area contributed by atoms with E-state index in [1.807, 2.05) is 18.2 Å². The molecular formula is C12H18N2O3S2. The molecule has 0 aromatic heterocycles. The number of hydrogen-bond donors (Lipinski definition) is 2. The summed E-state index contributed by atoms with van der Waals surface area (Å²) in [6.45, 7) is 0.940. The molecule has 1 heterocycles. The third kappa shape index (κ3) is 3.62. The molecule has 2 rings (SSSR count). The van der Waals surface area contributed by atoms with Crippen LogP contribution in [0.1, 0.15) is 0 Å². The Labute approximate surface area is 117 Å². The van der Waals surface area contributed by atoms with Crippen molar-refractivity contribution in [1.82, 2.24) is 4.31 Å². The summed E-state index contributed by atoms with van der Waals surface area (Å²) in [5.74, 6) is 0.688. The van der Waals surface area contributed by atoms with Gasteiger partial charge in [-0.05, 0) is 12.1 Å². The molecule has 0 radical (unpaired) electrons. The predicted molar refractivity (Wildman–Crippen MR) is 77.5 cm³/mol. The van der Waals surface area contributed by atoms with E-state index >= 15 is 0 Å². The van der Waals surface area contributed by atoms with E-state index in [0.717, 1.165) is 4.90 Å². The molecule has 1 aliphatic rings. The number of anilines is 1. The van der Waals surface area contributed by atoms with E-state index in [9.17, 15) is 8.42 Å². The van der Waals surface area contributed by atoms with Crippen LogP contribution < -0.4 is 5.73 Å². The van der Waals surface area contributed by atoms with Gasteiger partial charge in [0.1, 0.15) is 0 Å². The van der Waals surface area contributed by atoms with Gasteiger partial charge in [-0.15, -0.1) is 11.8 Å². The van der Waals surface area contributed by atoms with Crippen molar-refractivity contribution < 1.29 is 13.5 Å². The monoisotopic (exact) mass is 302 g/mol. The highest BCUT2D eigenvalue weighted by Gasteiger charge is 2.34. The van der Waals surface area contributed by atoms with E-state index in [1.165, 1.54) is 16.1 Å². The second kappa shape index (κ2) is 6.13. The summed E-state index contributed by atoms with van der Waals surface area (Å²) in [4.78, 5) is 0.912. The van der Waals surface area contributed by atoms with Crippen LogP contribution in [0.15, 0.2) is 29.2 Å². The zero-order valence-corrected chi connectivity index (χ0v) is 12.2. The van der Waals surface area contributed by atoms with Crippen LogP contribution in [0.5, 0.6) is 0 Å². The number of aliphatic hydroxyl groups is 1. The largest absolute Gasteiger partial charge is 0.398 e. The fraction of sp³-hybridized carbons (Fsp3) is 0.500. The second-order valence-electron chi connectivity index (χ2n) is 4.57. The van der Waals surface area contributed by atoms with Crippen LogP contribution in [0.3, 0.4) is 0 Å². The lowest BCUT2D eigenvalue weighted by Crippen LogP contribution is -2.52. The van der Waals surface area contributed by atoms with Crippen LogP contribution in [0.4, 0.5) is 5.69 Å². The highest BCUT2D eigenvalue weighted by atomic mass is 32.2. The summed E-state index contributed by atoms with van der Waals surface area (Å²) >= 11 is 1.45. The van der Waals surface area contributed by atoms with Gasteiger partial charge < -0.3 is 10.8 Å². The van der Waals surface area contributed by atoms with Gasteiger partial charge in [0.2, 0.25) is 10.0 Å². The van der Waals surface area contributed by atoms with Crippen molar-refractivity contribution in [2.75, 3.05) is 36.9 Å². The molecule has 1 fully saturated rings. The van der Waals surface area contributed by atoms with E-state index in [-0.39, 0.29) is 18.3 Å². The maximum atomic E-state index is 11.9. The minimum atomic E-state index is -3.19. The van der Waals surface area contributed by atoms with E-state index in [0.29, 0.717) is 24.5 Å². The second-order valence-corrected chi connectivity index (χ2v) is 7.79. The van der Waals surface area contributed by atoms with Crippen molar-refractivity contribution in [2.24, 2.45) is 5.92 Å². The number of nitrogens with two attached hydrogens (primary N) is 1. The quantitative estimate of drug-likeness (QED) is 0.594. The molecular weight excluding hydrogens is 284 g/mol. The average molecular weight is 302 g/mol. The molecule has 0 spiro atoms. The van der Waals surface area contributed by atoms with Crippen molar-refractivity contribution in [3.05, 3.63) is 24.3 Å². The first-order valence-electron chi connectivity index (χ1n) is 6.09. The predicted octanol–water partition coefficient (Wildman–Crippen LogP) is 0.615. The fourth-order valence-electron chi connectivity index (χ4n) is 1.86. The highest BCUT2D eigenvalue weighted by Crippen LogP contribution is 2.26. The smallest absolute Gasteiger partial charge is 0.214 e. The Hall–Kier alpha value is -0.760. The maximum Gasteiger partial charge on any atom is 0.214 e. The Kier molecular flexibility index (Phi) is 4.72. The van der Waals surface area contributed by atoms with Crippen molar-refractivity contribution in [3.63, 3.8) is 0 Å². The van der Waals surface area contributed by atoms with E-state index in [4.69, 9.17) is 10.8 Å². The molecule has 106 valence electrons. The van der Waals surface area contributed by atoms with Crippen LogP contribution in [0.2, 0.25) is 0 Å². The van der Waals surface area contributed by atoms with Crippen LogP contribution >= 0.6 is 11.8 Å². The Bertz CT molecular complexity index is 528. The number of benzene rings is 1. The molecule has 19 heavy (non-hydrogen) atoms. The number of aliphatic hydroxyl groups excluding tert-OH is 1. The molecule has 1 aromatic rings. The van der Waals surface area contributed by atoms with Crippen LogP contribution in [-0.4, -0.2) is 49.0 Å². The molecule has 0 unspecified atom stereocenters. The number of hydrogen-bond acceptors (Lipinski definition) is 5. The third-order valence-electron chi connectivity index (χ3n) is 3.09. The van der Waals surface area contributed by atoms with Gasteiger partial charge in [-0.3, -0.25) is 0 Å². The van der Waals surface area contributed by atoms with Crippen molar-refractivity contribution in [3.8, 4) is 0 Å². The molecule has 1 aliphatic heterocycles. The lowest BCUT2D eigenvalue weighted by Gasteiger charge is -2.36. The van der Waals surface area contributed by atoms with Gasteiger partial charge in [-0.2, -0.15) is 0 Å². The topological polar surface area (TPSA) is 83.6 Å². The van der Waals surface area contributed by atoms with Crippen LogP contribution in [0.25, 0.3) is 0 Å². The molecule has 0 bridgehead atoms. The minimum absolute atomic E-state index is 0.0569. The first-order valence-corrected chi connectivity index (χ1v) is 8.68. The zero-order chi connectivity index (χ0) is 13.9. The summed E-state index contributed by atoms with van der Waals surface area (Å²) in [6, 6.07) is 7.43. The lowest BCUT2D eigenvalue weighted by molar-refractivity contribution is 0.117. The zero-order valence-electron chi connectivity index (χ0n) is 10.5. The summed E-state index contributed by atoms with van der Waals surface area (Å²) in [6.07, 6.45) is 0. The van der Waals surface area contributed by atoms with Gasteiger partial charge in [0.05, 0.1) is 5.75 Å². The highest BCUT2D eigenvalue weighted by molar-refractivity contribution is 8.00. The van der Waals surface area contributed by atoms with E-state index in [1.54, 1.807) is 6.07 Å². The van der Waals surface area contributed by atoms with Gasteiger partial charge in [-0.25, -0.2) is 12.7 Å². The first-order chi connectivity index (χ1) is 9.03. The summed E-state index contributed by atoms with van der Waals surface area (Å²) in [5, 5.41) is 8.89. The third-order valence-corrected chi connectivity index (χ3v) is 6.25. The molecule has 0 saturated carbocycles. The van der Waals surface area contributed by atoms with Crippen LogP contribution in [-0.2, 0) is 10.0 Å². The molecule has 1 aromatic carbocycles. The number of rotatable bonds is 6. The minimum Gasteiger partial charge on any atom is -0.398 e. The Morgan fingerprint density at radius 3 is 2.68 bits per heavy atom. The first kappa shape index (κ1) is 14.6. The van der Waals surface area contributed by atoms with Gasteiger partial charge in [0.25, 0.3) is 0 Å². The number of thioether (sulfide) groups is 1. The lowest BCUT2D eigenvalue weighted by atomic mass is 10.1. The number of nitrogen functional groups attached to an aromatic ring is 1. The summed E-state index contributed by atoms with van der Waals surface area (Å²) in [5.41, 5.74) is 6.47. The van der Waals surface area contributed by atoms with Gasteiger partial charge in [-0.1, -0.05) is 12.1 Å². The van der Waals surface area contributed by atoms with Gasteiger partial charge in [0, 0.05) is 42.0 Å². The molecule has 3 N–H and O–H groups in total. The molecule has 0 aliphatic carbocycles. The molecule has 7 heteroatoms. The molecule has 0 atom stereocenters. The fourth-order valence-corrected chi connectivity index (χ4v) is 4.80. The Balaban J connectivity index is 1.81. The SMILES string of the molecule is Nc1ccccc1SCCS(=O)(=O)N1CC(CO)C1. The van der Waals surface area contributed by atoms with Gasteiger partial charge in [0.15, 0.2) is 0 Å². The van der Waals surface area contributed by atoms with E-state index in [2.05, 4.69) is 0 Å². The van der Waals surface area contributed by atoms with E-state index < -0.39 is 10.0 Å². The maximum absolute atomic E-state index is 11.9. The summed E-state index contributed by atoms with van der Waals surface area (Å²) in [7, 11) is -3.19. The Morgan fingerprint density at radius 1 is 1.37 bits per heavy atom. The number of sulfonamides is 1. The standard InChI is InChI=1S/C12H18N2O3S2/c13-11-3-1-2-4-12(11)18-5-6-19(16,17)14-7-10(8-14)9-15/h1-4,10,15H,5-9,13H2. The van der Waals surface area contributed by atoms with Gasteiger partial charge >= 0.3 is 0 Å². The average Bonchev–Trinajstić information content (AvgIpc) is 2.30. The molecule has 0 amide bonds.